The molecule has 1 amide bonds. The molecule has 2 aliphatic rings. The topological polar surface area (TPSA) is 75.4 Å². The molecule has 17 heavy (non-hydrogen) atoms. The van der Waals surface area contributed by atoms with Crippen LogP contribution >= 0.6 is 0 Å². The van der Waals surface area contributed by atoms with Gasteiger partial charge in [-0.2, -0.15) is 0 Å². The van der Waals surface area contributed by atoms with Crippen molar-refractivity contribution in [2.24, 2.45) is 11.1 Å². The van der Waals surface area contributed by atoms with Crippen molar-refractivity contribution in [3.63, 3.8) is 0 Å². The van der Waals surface area contributed by atoms with Crippen molar-refractivity contribution in [3.8, 4) is 0 Å². The van der Waals surface area contributed by atoms with Gasteiger partial charge in [0.15, 0.2) is 0 Å². The van der Waals surface area contributed by atoms with E-state index in [1.165, 1.54) is 6.42 Å². The number of hydrogen-bond donors (Lipinski definition) is 3. The Kier molecular flexibility index (Phi) is 3.73. The van der Waals surface area contributed by atoms with Crippen LogP contribution < -0.4 is 11.1 Å². The molecule has 0 atom stereocenters. The monoisotopic (exact) mass is 240 g/mol. The Morgan fingerprint density at radius 1 is 1.12 bits per heavy atom. The molecule has 2 rings (SSSR count). The van der Waals surface area contributed by atoms with Crippen LogP contribution in [0.4, 0.5) is 0 Å². The van der Waals surface area contributed by atoms with E-state index in [1.54, 1.807) is 0 Å². The van der Waals surface area contributed by atoms with Crippen LogP contribution in [-0.2, 0) is 4.79 Å². The zero-order chi connectivity index (χ0) is 12.4. The molecule has 2 aliphatic carbocycles. The first-order valence-electron chi connectivity index (χ1n) is 6.81. The highest BCUT2D eigenvalue weighted by atomic mass is 16.3. The molecule has 4 nitrogen and oxygen atoms in total. The lowest BCUT2D eigenvalue weighted by Gasteiger charge is -2.39. The maximum absolute atomic E-state index is 12.2. The van der Waals surface area contributed by atoms with Crippen LogP contribution in [-0.4, -0.2) is 29.7 Å². The number of amides is 1. The van der Waals surface area contributed by atoms with Crippen molar-refractivity contribution in [3.05, 3.63) is 0 Å². The number of nitrogens with one attached hydrogen (secondary N) is 1. The van der Waals surface area contributed by atoms with Crippen LogP contribution in [0.3, 0.4) is 0 Å². The van der Waals surface area contributed by atoms with Gasteiger partial charge in [0, 0.05) is 13.1 Å². The Bertz CT molecular complexity index is 281. The quantitative estimate of drug-likeness (QED) is 0.684. The normalized spacial score (nSPS) is 26.0. The molecule has 0 radical (unpaired) electrons. The van der Waals surface area contributed by atoms with Gasteiger partial charge in [0.2, 0.25) is 5.91 Å². The smallest absolute Gasteiger partial charge is 0.227 e. The van der Waals surface area contributed by atoms with E-state index in [0.29, 0.717) is 13.1 Å². The molecule has 0 heterocycles. The molecule has 0 aromatic rings. The number of hydrogen-bond acceptors (Lipinski definition) is 3. The lowest BCUT2D eigenvalue weighted by atomic mass is 9.73. The Balaban J connectivity index is 1.88. The number of rotatable bonds is 4. The third kappa shape index (κ3) is 2.63. The van der Waals surface area contributed by atoms with Gasteiger partial charge in [-0.05, 0) is 32.1 Å². The second-order valence-electron chi connectivity index (χ2n) is 5.81. The second-order valence-corrected chi connectivity index (χ2v) is 5.81. The van der Waals surface area contributed by atoms with E-state index in [2.05, 4.69) is 5.32 Å². The van der Waals surface area contributed by atoms with Gasteiger partial charge in [0.05, 0.1) is 11.0 Å². The Labute approximate surface area is 103 Å². The molecule has 0 aliphatic heterocycles. The zero-order valence-corrected chi connectivity index (χ0v) is 10.5. The van der Waals surface area contributed by atoms with Gasteiger partial charge in [0.1, 0.15) is 0 Å². The van der Waals surface area contributed by atoms with Gasteiger partial charge in [-0.3, -0.25) is 4.79 Å². The van der Waals surface area contributed by atoms with Gasteiger partial charge < -0.3 is 16.2 Å². The highest BCUT2D eigenvalue weighted by Gasteiger charge is 2.40. The van der Waals surface area contributed by atoms with Crippen LogP contribution in [0, 0.1) is 5.41 Å². The van der Waals surface area contributed by atoms with Crippen LogP contribution in [0.25, 0.3) is 0 Å². The van der Waals surface area contributed by atoms with Gasteiger partial charge in [-0.25, -0.2) is 0 Å². The highest BCUT2D eigenvalue weighted by Crippen LogP contribution is 2.36. The zero-order valence-electron chi connectivity index (χ0n) is 10.5. The summed E-state index contributed by atoms with van der Waals surface area (Å²) in [5, 5.41) is 12.9. The fourth-order valence-electron chi connectivity index (χ4n) is 2.95. The summed E-state index contributed by atoms with van der Waals surface area (Å²) >= 11 is 0. The van der Waals surface area contributed by atoms with Crippen LogP contribution in [0.2, 0.25) is 0 Å². The predicted molar refractivity (Wildman–Crippen MR) is 66.4 cm³/mol. The molecular formula is C13H24N2O2. The maximum atomic E-state index is 12.2. The molecule has 2 saturated carbocycles. The minimum absolute atomic E-state index is 0.0556. The minimum atomic E-state index is -0.639. The van der Waals surface area contributed by atoms with E-state index in [1.807, 2.05) is 0 Å². The molecular weight excluding hydrogens is 216 g/mol. The summed E-state index contributed by atoms with van der Waals surface area (Å²) in [5.41, 5.74) is 4.80. The van der Waals surface area contributed by atoms with E-state index < -0.39 is 5.60 Å². The Hall–Kier alpha value is -0.610. The molecule has 4 heteroatoms. The van der Waals surface area contributed by atoms with Crippen molar-refractivity contribution in [1.82, 2.24) is 5.32 Å². The minimum Gasteiger partial charge on any atom is -0.388 e. The molecule has 0 bridgehead atoms. The van der Waals surface area contributed by atoms with Crippen LogP contribution in [0.5, 0.6) is 0 Å². The molecule has 0 spiro atoms. The maximum Gasteiger partial charge on any atom is 0.227 e. The molecule has 4 N–H and O–H groups in total. The summed E-state index contributed by atoms with van der Waals surface area (Å²) in [6.45, 7) is 0.824. The van der Waals surface area contributed by atoms with Crippen molar-refractivity contribution < 1.29 is 9.90 Å². The number of aliphatic hydroxyl groups is 1. The van der Waals surface area contributed by atoms with Crippen molar-refractivity contribution in [1.29, 1.82) is 0 Å². The van der Waals surface area contributed by atoms with Gasteiger partial charge in [-0.1, -0.05) is 19.3 Å². The number of nitrogens with two attached hydrogens (primary N) is 1. The molecule has 98 valence electrons. The van der Waals surface area contributed by atoms with Gasteiger partial charge >= 0.3 is 0 Å². The summed E-state index contributed by atoms with van der Waals surface area (Å²) in [6, 6.07) is 0. The van der Waals surface area contributed by atoms with Crippen molar-refractivity contribution in [2.45, 2.75) is 57.0 Å². The average Bonchev–Trinajstić information content (AvgIpc) is 2.34. The third-order valence-electron chi connectivity index (χ3n) is 4.55. The SMILES string of the molecule is NCC1(C(=O)NCC2(O)CCC2)CCCCC1. The molecule has 0 aromatic carbocycles. The summed E-state index contributed by atoms with van der Waals surface area (Å²) in [7, 11) is 0. The van der Waals surface area contributed by atoms with Gasteiger partial charge in [-0.15, -0.1) is 0 Å². The Morgan fingerprint density at radius 3 is 2.24 bits per heavy atom. The number of carbonyl (C=O) groups is 1. The second kappa shape index (κ2) is 4.94. The van der Waals surface area contributed by atoms with Gasteiger partial charge in [0.25, 0.3) is 0 Å². The number of carbonyl (C=O) groups excluding carboxylic acids is 1. The molecule has 0 saturated heterocycles. The van der Waals surface area contributed by atoms with Crippen molar-refractivity contribution in [2.75, 3.05) is 13.1 Å². The van der Waals surface area contributed by atoms with Crippen molar-refractivity contribution >= 4 is 5.91 Å². The molecule has 0 aromatic heterocycles. The van der Waals surface area contributed by atoms with E-state index in [9.17, 15) is 9.90 Å². The molecule has 0 unspecified atom stereocenters. The van der Waals surface area contributed by atoms with E-state index in [-0.39, 0.29) is 11.3 Å². The van der Waals surface area contributed by atoms with Crippen LogP contribution in [0.1, 0.15) is 51.4 Å². The first kappa shape index (κ1) is 12.8. The summed E-state index contributed by atoms with van der Waals surface area (Å²) in [6.07, 6.45) is 7.87. The Morgan fingerprint density at radius 2 is 1.76 bits per heavy atom. The fourth-order valence-corrected chi connectivity index (χ4v) is 2.95. The summed E-state index contributed by atoms with van der Waals surface area (Å²) < 4.78 is 0. The summed E-state index contributed by atoms with van der Waals surface area (Å²) in [5.74, 6) is 0.0556. The summed E-state index contributed by atoms with van der Waals surface area (Å²) in [4.78, 5) is 12.2. The lowest BCUT2D eigenvalue weighted by molar-refractivity contribution is -0.134. The first-order valence-corrected chi connectivity index (χ1v) is 6.81. The highest BCUT2D eigenvalue weighted by molar-refractivity contribution is 5.83. The van der Waals surface area contributed by atoms with Crippen LogP contribution in [0.15, 0.2) is 0 Å². The largest absolute Gasteiger partial charge is 0.388 e. The average molecular weight is 240 g/mol. The van der Waals surface area contributed by atoms with E-state index in [0.717, 1.165) is 44.9 Å². The fraction of sp³-hybridized carbons (Fsp3) is 0.923. The lowest BCUT2D eigenvalue weighted by Crippen LogP contribution is -2.53. The van der Waals surface area contributed by atoms with E-state index in [4.69, 9.17) is 5.73 Å². The van der Waals surface area contributed by atoms with E-state index >= 15 is 0 Å². The predicted octanol–water partition coefficient (Wildman–Crippen LogP) is 0.927. The molecule has 2 fully saturated rings. The first-order chi connectivity index (χ1) is 8.10. The third-order valence-corrected chi connectivity index (χ3v) is 4.55. The standard InChI is InChI=1S/C13H24N2O2/c14-9-12(5-2-1-3-6-12)11(16)15-10-13(17)7-4-8-13/h17H,1-10,14H2,(H,15,16).